The van der Waals surface area contributed by atoms with Gasteiger partial charge in [0.15, 0.2) is 0 Å². The summed E-state index contributed by atoms with van der Waals surface area (Å²) in [5.74, 6) is 0. The molecule has 1 aliphatic heterocycles. The minimum Gasteiger partial charge on any atom is -0.298 e. The van der Waals surface area contributed by atoms with Gasteiger partial charge in [0, 0.05) is 12.7 Å². The first-order chi connectivity index (χ1) is 9.29. The molecule has 1 aliphatic rings. The van der Waals surface area contributed by atoms with Crippen LogP contribution >= 0.6 is 0 Å². The molecule has 2 aromatic rings. The topological polar surface area (TPSA) is 34.0 Å². The van der Waals surface area contributed by atoms with Gasteiger partial charge in [-0.1, -0.05) is 6.07 Å². The maximum absolute atomic E-state index is 4.85. The Bertz CT molecular complexity index is 561. The van der Waals surface area contributed by atoms with E-state index in [-0.39, 0.29) is 0 Å². The van der Waals surface area contributed by atoms with Crippen molar-refractivity contribution >= 4 is 0 Å². The first-order valence-corrected chi connectivity index (χ1v) is 6.99. The highest BCUT2D eigenvalue weighted by Crippen LogP contribution is 2.30. The van der Waals surface area contributed by atoms with Crippen molar-refractivity contribution in [2.75, 3.05) is 13.6 Å². The van der Waals surface area contributed by atoms with Gasteiger partial charge in [-0.3, -0.25) is 9.58 Å². The fraction of sp³-hybridized carbons (Fsp3) is 0.467. The fourth-order valence-corrected chi connectivity index (χ4v) is 2.87. The quantitative estimate of drug-likeness (QED) is 0.846. The lowest BCUT2D eigenvalue weighted by molar-refractivity contribution is 0.312. The Morgan fingerprint density at radius 2 is 2.21 bits per heavy atom. The van der Waals surface area contributed by atoms with E-state index < -0.39 is 0 Å². The van der Waals surface area contributed by atoms with Gasteiger partial charge in [0.2, 0.25) is 0 Å². The van der Waals surface area contributed by atoms with Crippen LogP contribution in [0.1, 0.15) is 31.5 Å². The Morgan fingerprint density at radius 3 is 2.95 bits per heavy atom. The number of hydrogen-bond donors (Lipinski definition) is 0. The maximum Gasteiger partial charge on any atom is 0.0887 e. The first-order valence-electron chi connectivity index (χ1n) is 6.99. The number of aryl methyl sites for hydroxylation is 1. The summed E-state index contributed by atoms with van der Waals surface area (Å²) >= 11 is 0. The lowest BCUT2D eigenvalue weighted by atomic mass is 10.1. The SMILES string of the molecule is CCn1nccc1-c1cccc([C@@H]2CCCN2C)n1. The zero-order chi connectivity index (χ0) is 13.2. The molecule has 1 atom stereocenters. The third kappa shape index (κ3) is 2.28. The second-order valence-electron chi connectivity index (χ2n) is 5.12. The minimum absolute atomic E-state index is 0.470. The molecule has 4 nitrogen and oxygen atoms in total. The fourth-order valence-electron chi connectivity index (χ4n) is 2.87. The van der Waals surface area contributed by atoms with Gasteiger partial charge in [0.1, 0.15) is 0 Å². The molecule has 2 aromatic heterocycles. The average molecular weight is 256 g/mol. The normalized spacial score (nSPS) is 20.0. The number of pyridine rings is 1. The Kier molecular flexibility index (Phi) is 3.34. The van der Waals surface area contributed by atoms with Crippen LogP contribution in [0.5, 0.6) is 0 Å². The summed E-state index contributed by atoms with van der Waals surface area (Å²) in [5.41, 5.74) is 3.31. The van der Waals surface area contributed by atoms with E-state index in [2.05, 4.69) is 42.2 Å². The van der Waals surface area contributed by atoms with Crippen molar-refractivity contribution in [3.8, 4) is 11.4 Å². The van der Waals surface area contributed by atoms with Gasteiger partial charge in [-0.15, -0.1) is 0 Å². The molecule has 0 aliphatic carbocycles. The molecule has 19 heavy (non-hydrogen) atoms. The van der Waals surface area contributed by atoms with E-state index in [4.69, 9.17) is 4.98 Å². The lowest BCUT2D eigenvalue weighted by Gasteiger charge is -2.19. The molecule has 4 heteroatoms. The Morgan fingerprint density at radius 1 is 1.32 bits per heavy atom. The molecule has 0 unspecified atom stereocenters. The number of nitrogens with zero attached hydrogens (tertiary/aromatic N) is 4. The number of aromatic nitrogens is 3. The van der Waals surface area contributed by atoms with E-state index in [1.165, 1.54) is 25.1 Å². The highest BCUT2D eigenvalue weighted by Gasteiger charge is 2.24. The summed E-state index contributed by atoms with van der Waals surface area (Å²) < 4.78 is 1.99. The van der Waals surface area contributed by atoms with E-state index in [1.807, 2.05) is 16.9 Å². The highest BCUT2D eigenvalue weighted by atomic mass is 15.3. The van der Waals surface area contributed by atoms with Crippen LogP contribution in [0.3, 0.4) is 0 Å². The van der Waals surface area contributed by atoms with Gasteiger partial charge >= 0.3 is 0 Å². The Hall–Kier alpha value is -1.68. The molecule has 100 valence electrons. The maximum atomic E-state index is 4.85. The summed E-state index contributed by atoms with van der Waals surface area (Å²) in [6.07, 6.45) is 4.31. The monoisotopic (exact) mass is 256 g/mol. The summed E-state index contributed by atoms with van der Waals surface area (Å²) in [6.45, 7) is 4.14. The van der Waals surface area contributed by atoms with Gasteiger partial charge < -0.3 is 0 Å². The molecule has 0 N–H and O–H groups in total. The van der Waals surface area contributed by atoms with E-state index in [9.17, 15) is 0 Å². The second-order valence-corrected chi connectivity index (χ2v) is 5.12. The third-order valence-electron chi connectivity index (χ3n) is 3.91. The highest BCUT2D eigenvalue weighted by molar-refractivity contribution is 5.54. The number of hydrogen-bond acceptors (Lipinski definition) is 3. The van der Waals surface area contributed by atoms with Crippen LogP contribution in [0.2, 0.25) is 0 Å². The Balaban J connectivity index is 1.96. The molecule has 3 rings (SSSR count). The molecule has 0 amide bonds. The van der Waals surface area contributed by atoms with Crippen LogP contribution in [0.4, 0.5) is 0 Å². The Labute approximate surface area is 114 Å². The van der Waals surface area contributed by atoms with Crippen LogP contribution in [0.15, 0.2) is 30.5 Å². The minimum atomic E-state index is 0.470. The molecular formula is C15H20N4. The molecule has 3 heterocycles. The predicted octanol–water partition coefficient (Wildman–Crippen LogP) is 2.73. The summed E-state index contributed by atoms with van der Waals surface area (Å²) in [4.78, 5) is 7.25. The molecule has 0 spiro atoms. The standard InChI is InChI=1S/C15H20N4/c1-3-19-15(9-10-16-19)13-7-4-6-12(17-13)14-8-5-11-18(14)2/h4,6-7,9-10,14H,3,5,8,11H2,1-2H3/t14-/m0/s1. The van der Waals surface area contributed by atoms with E-state index in [1.54, 1.807) is 0 Å². The van der Waals surface area contributed by atoms with Crippen molar-refractivity contribution in [2.24, 2.45) is 0 Å². The van der Waals surface area contributed by atoms with E-state index >= 15 is 0 Å². The lowest BCUT2D eigenvalue weighted by Crippen LogP contribution is -2.18. The van der Waals surface area contributed by atoms with Crippen LogP contribution in [-0.4, -0.2) is 33.3 Å². The smallest absolute Gasteiger partial charge is 0.0887 e. The van der Waals surface area contributed by atoms with Crippen molar-refractivity contribution in [2.45, 2.75) is 32.4 Å². The second kappa shape index (κ2) is 5.13. The van der Waals surface area contributed by atoms with Crippen molar-refractivity contribution in [3.63, 3.8) is 0 Å². The van der Waals surface area contributed by atoms with E-state index in [0.717, 1.165) is 17.9 Å². The summed E-state index contributed by atoms with van der Waals surface area (Å²) in [7, 11) is 2.18. The largest absolute Gasteiger partial charge is 0.298 e. The van der Waals surface area contributed by atoms with Gasteiger partial charge in [-0.05, 0) is 51.6 Å². The van der Waals surface area contributed by atoms with Crippen LogP contribution in [0.25, 0.3) is 11.4 Å². The molecule has 1 fully saturated rings. The van der Waals surface area contributed by atoms with Crippen LogP contribution in [-0.2, 0) is 6.54 Å². The predicted molar refractivity (Wildman–Crippen MR) is 75.7 cm³/mol. The molecule has 0 radical (unpaired) electrons. The summed E-state index contributed by atoms with van der Waals surface area (Å²) in [6, 6.07) is 8.83. The zero-order valence-electron chi connectivity index (χ0n) is 11.6. The van der Waals surface area contributed by atoms with Crippen LogP contribution < -0.4 is 0 Å². The summed E-state index contributed by atoms with van der Waals surface area (Å²) in [5, 5.41) is 4.32. The average Bonchev–Trinajstić information content (AvgIpc) is 3.07. The first kappa shape index (κ1) is 12.4. The van der Waals surface area contributed by atoms with Gasteiger partial charge in [-0.25, -0.2) is 4.98 Å². The van der Waals surface area contributed by atoms with Crippen molar-refractivity contribution in [1.82, 2.24) is 19.7 Å². The van der Waals surface area contributed by atoms with Crippen LogP contribution in [0, 0.1) is 0 Å². The molecule has 0 bridgehead atoms. The van der Waals surface area contributed by atoms with Crippen molar-refractivity contribution < 1.29 is 0 Å². The molecular weight excluding hydrogens is 236 g/mol. The van der Waals surface area contributed by atoms with Crippen molar-refractivity contribution in [1.29, 1.82) is 0 Å². The van der Waals surface area contributed by atoms with E-state index in [0.29, 0.717) is 6.04 Å². The molecule has 1 saturated heterocycles. The molecule has 0 aromatic carbocycles. The number of rotatable bonds is 3. The third-order valence-corrected chi connectivity index (χ3v) is 3.91. The van der Waals surface area contributed by atoms with Crippen molar-refractivity contribution in [3.05, 3.63) is 36.2 Å². The zero-order valence-corrected chi connectivity index (χ0v) is 11.6. The van der Waals surface area contributed by atoms with Gasteiger partial charge in [0.05, 0.1) is 23.1 Å². The number of likely N-dealkylation sites (tertiary alicyclic amines) is 1. The van der Waals surface area contributed by atoms with Gasteiger partial charge in [0.25, 0.3) is 0 Å². The molecule has 0 saturated carbocycles. The van der Waals surface area contributed by atoms with Gasteiger partial charge in [-0.2, -0.15) is 5.10 Å².